The van der Waals surface area contributed by atoms with E-state index in [1.807, 2.05) is 12.1 Å². The van der Waals surface area contributed by atoms with E-state index in [4.69, 9.17) is 9.47 Å². The first kappa shape index (κ1) is 19.8. The molecular weight excluding hydrogens is 503 g/mol. The van der Waals surface area contributed by atoms with Crippen LogP contribution in [0.3, 0.4) is 0 Å². The van der Waals surface area contributed by atoms with Crippen LogP contribution < -0.4 is 34.3 Å². The standard InChI is InChI=1S/C20H10Br2O5.Na/c21-13-5-11-17(7-15(13)23)26-18-8-16(24)14(22)6-12(18)20(11)10-4-2-1-3-9(10)19(25)27-20;/h1-8,23-24H;/q;+1. The van der Waals surface area contributed by atoms with Crippen molar-refractivity contribution in [3.63, 3.8) is 0 Å². The molecule has 0 aliphatic carbocycles. The van der Waals surface area contributed by atoms with E-state index < -0.39 is 11.6 Å². The minimum Gasteiger partial charge on any atom is -0.507 e. The summed E-state index contributed by atoms with van der Waals surface area (Å²) in [5.41, 5.74) is 1.05. The van der Waals surface area contributed by atoms with Gasteiger partial charge in [-0.2, -0.15) is 0 Å². The first-order chi connectivity index (χ1) is 12.9. The fourth-order valence-corrected chi connectivity index (χ4v) is 4.37. The summed E-state index contributed by atoms with van der Waals surface area (Å²) in [7, 11) is 0. The number of phenols is 2. The molecule has 0 saturated carbocycles. The van der Waals surface area contributed by atoms with E-state index in [-0.39, 0.29) is 41.1 Å². The van der Waals surface area contributed by atoms with E-state index in [0.717, 1.165) is 0 Å². The summed E-state index contributed by atoms with van der Waals surface area (Å²) in [6, 6.07) is 13.4. The minimum atomic E-state index is -1.25. The number of fused-ring (bicyclic) bond motifs is 6. The molecule has 5 rings (SSSR count). The second-order valence-corrected chi connectivity index (χ2v) is 8.03. The van der Waals surface area contributed by atoms with Crippen LogP contribution in [-0.2, 0) is 10.3 Å². The number of halogens is 2. The van der Waals surface area contributed by atoms with Crippen molar-refractivity contribution in [3.8, 4) is 23.0 Å². The van der Waals surface area contributed by atoms with Crippen molar-refractivity contribution in [1.82, 2.24) is 0 Å². The Morgan fingerprint density at radius 2 is 1.36 bits per heavy atom. The van der Waals surface area contributed by atoms with Crippen LogP contribution in [-0.4, -0.2) is 16.2 Å². The van der Waals surface area contributed by atoms with Gasteiger partial charge in [-0.05, 0) is 50.1 Å². The molecule has 28 heavy (non-hydrogen) atoms. The normalized spacial score (nSPS) is 15.0. The first-order valence-corrected chi connectivity index (χ1v) is 9.57. The summed E-state index contributed by atoms with van der Waals surface area (Å²) < 4.78 is 12.8. The second kappa shape index (κ2) is 6.78. The summed E-state index contributed by atoms with van der Waals surface area (Å²) in [6.07, 6.45) is 0. The van der Waals surface area contributed by atoms with Crippen LogP contribution >= 0.6 is 31.9 Å². The largest absolute Gasteiger partial charge is 1.00 e. The number of hydrogen-bond donors (Lipinski definition) is 2. The van der Waals surface area contributed by atoms with Crippen LogP contribution in [0.5, 0.6) is 23.0 Å². The second-order valence-electron chi connectivity index (χ2n) is 6.32. The van der Waals surface area contributed by atoms with Crippen LogP contribution in [0.4, 0.5) is 0 Å². The van der Waals surface area contributed by atoms with Crippen molar-refractivity contribution < 1.29 is 54.0 Å². The van der Waals surface area contributed by atoms with Gasteiger partial charge in [-0.15, -0.1) is 0 Å². The van der Waals surface area contributed by atoms with E-state index in [2.05, 4.69) is 31.9 Å². The predicted octanol–water partition coefficient (Wildman–Crippen LogP) is 2.19. The molecule has 0 fully saturated rings. The van der Waals surface area contributed by atoms with Gasteiger partial charge in [0.1, 0.15) is 23.0 Å². The number of ether oxygens (including phenoxy) is 2. The molecule has 0 amide bonds. The van der Waals surface area contributed by atoms with E-state index in [1.54, 1.807) is 24.3 Å². The Balaban J connectivity index is 0.00000192. The summed E-state index contributed by atoms with van der Waals surface area (Å²) >= 11 is 6.66. The number of esters is 1. The predicted molar refractivity (Wildman–Crippen MR) is 103 cm³/mol. The topological polar surface area (TPSA) is 76.0 Å². The van der Waals surface area contributed by atoms with Crippen molar-refractivity contribution in [2.45, 2.75) is 5.60 Å². The molecule has 3 aromatic carbocycles. The molecule has 134 valence electrons. The molecule has 0 radical (unpaired) electrons. The van der Waals surface area contributed by atoms with Gasteiger partial charge >= 0.3 is 35.5 Å². The summed E-state index contributed by atoms with van der Waals surface area (Å²) in [5.74, 6) is 0.222. The van der Waals surface area contributed by atoms with E-state index in [1.165, 1.54) is 12.1 Å². The van der Waals surface area contributed by atoms with Crippen LogP contribution in [0.25, 0.3) is 0 Å². The van der Waals surface area contributed by atoms with Crippen molar-refractivity contribution in [2.24, 2.45) is 0 Å². The molecule has 2 N–H and O–H groups in total. The third-order valence-electron chi connectivity index (χ3n) is 4.85. The summed E-state index contributed by atoms with van der Waals surface area (Å²) in [5, 5.41) is 20.2. The molecule has 0 atom stereocenters. The zero-order valence-corrected chi connectivity index (χ0v) is 19.7. The van der Waals surface area contributed by atoms with Gasteiger partial charge in [0.25, 0.3) is 0 Å². The zero-order chi connectivity index (χ0) is 18.9. The maximum Gasteiger partial charge on any atom is 1.00 e. The Morgan fingerprint density at radius 1 is 0.821 bits per heavy atom. The van der Waals surface area contributed by atoms with Crippen molar-refractivity contribution >= 4 is 37.8 Å². The van der Waals surface area contributed by atoms with Gasteiger partial charge in [-0.25, -0.2) is 4.79 Å². The van der Waals surface area contributed by atoms with Gasteiger partial charge in [0.2, 0.25) is 0 Å². The Bertz CT molecular complexity index is 1100. The maximum absolute atomic E-state index is 12.7. The molecule has 5 nitrogen and oxygen atoms in total. The number of aromatic hydroxyl groups is 2. The summed E-state index contributed by atoms with van der Waals surface area (Å²) in [4.78, 5) is 12.7. The molecule has 8 heteroatoms. The number of carbonyl (C=O) groups excluding carboxylic acids is 1. The van der Waals surface area contributed by atoms with Gasteiger partial charge in [0.15, 0.2) is 5.60 Å². The smallest absolute Gasteiger partial charge is 0.507 e. The summed E-state index contributed by atoms with van der Waals surface area (Å²) in [6.45, 7) is 0. The van der Waals surface area contributed by atoms with Gasteiger partial charge < -0.3 is 19.7 Å². The Labute approximate surface area is 198 Å². The van der Waals surface area contributed by atoms with Crippen LogP contribution in [0.1, 0.15) is 27.0 Å². The molecule has 0 unspecified atom stereocenters. The number of rotatable bonds is 0. The first-order valence-electron chi connectivity index (χ1n) is 7.98. The Hall–Kier alpha value is -1.51. The number of hydrogen-bond acceptors (Lipinski definition) is 5. The van der Waals surface area contributed by atoms with Crippen molar-refractivity contribution in [2.75, 3.05) is 0 Å². The third kappa shape index (κ3) is 2.57. The van der Waals surface area contributed by atoms with Crippen molar-refractivity contribution in [3.05, 3.63) is 79.7 Å². The quantitative estimate of drug-likeness (QED) is 0.357. The Morgan fingerprint density at radius 3 is 1.93 bits per heavy atom. The van der Waals surface area contributed by atoms with Crippen LogP contribution in [0.15, 0.2) is 57.5 Å². The van der Waals surface area contributed by atoms with E-state index in [9.17, 15) is 15.0 Å². The maximum atomic E-state index is 12.7. The molecule has 2 aliphatic rings. The zero-order valence-electron chi connectivity index (χ0n) is 14.5. The third-order valence-corrected chi connectivity index (χ3v) is 6.12. The molecule has 0 bridgehead atoms. The van der Waals surface area contributed by atoms with Gasteiger partial charge in [0.05, 0.1) is 14.5 Å². The molecule has 1 spiro atoms. The molecule has 2 heterocycles. The molecule has 0 saturated heterocycles. The fourth-order valence-electron chi connectivity index (χ4n) is 3.69. The van der Waals surface area contributed by atoms with Crippen LogP contribution in [0.2, 0.25) is 0 Å². The molecule has 0 aromatic heterocycles. The molecular formula is C20H10Br2NaO5+. The minimum absolute atomic E-state index is 0. The van der Waals surface area contributed by atoms with Gasteiger partial charge in [-0.1, -0.05) is 18.2 Å². The Kier molecular flexibility index (Phi) is 4.79. The monoisotopic (exact) mass is 511 g/mol. The SMILES string of the molecule is O=C1OC2(c3cc(Br)c(O)cc3Oc3cc(O)c(Br)cc32)c2ccccc21.[Na+]. The van der Waals surface area contributed by atoms with E-state index >= 15 is 0 Å². The number of carbonyl (C=O) groups is 1. The van der Waals surface area contributed by atoms with Gasteiger partial charge in [-0.3, -0.25) is 0 Å². The van der Waals surface area contributed by atoms with Crippen molar-refractivity contribution in [1.29, 1.82) is 0 Å². The van der Waals surface area contributed by atoms with E-state index in [0.29, 0.717) is 42.7 Å². The number of benzene rings is 3. The molecule has 3 aromatic rings. The van der Waals surface area contributed by atoms with Gasteiger partial charge in [0, 0.05) is 28.8 Å². The average molecular weight is 513 g/mol. The average Bonchev–Trinajstić information content (AvgIpc) is 2.93. The fraction of sp³-hybridized carbons (Fsp3) is 0.0500. The van der Waals surface area contributed by atoms with Crippen LogP contribution in [0, 0.1) is 0 Å². The molecule has 2 aliphatic heterocycles. The number of phenolic OH excluding ortho intramolecular Hbond substituents is 2.